The Kier molecular flexibility index (Phi) is 8.13. The van der Waals surface area contributed by atoms with E-state index in [4.69, 9.17) is 9.62 Å². The molecule has 0 heterocycles. The molecule has 0 fully saturated rings. The van der Waals surface area contributed by atoms with E-state index in [1.165, 1.54) is 14.2 Å². The van der Waals surface area contributed by atoms with Crippen molar-refractivity contribution >= 4 is 11.9 Å². The third-order valence-electron chi connectivity index (χ3n) is 3.00. The van der Waals surface area contributed by atoms with Crippen molar-refractivity contribution in [2.45, 2.75) is 24.9 Å². The molecule has 1 amide bonds. The van der Waals surface area contributed by atoms with Crippen LogP contribution < -0.4 is 11.1 Å². The first kappa shape index (κ1) is 18.1. The molecule has 4 N–H and O–H groups in total. The van der Waals surface area contributed by atoms with Crippen LogP contribution in [0.1, 0.15) is 12.0 Å². The fourth-order valence-electron chi connectivity index (χ4n) is 1.92. The van der Waals surface area contributed by atoms with Crippen molar-refractivity contribution in [3.05, 3.63) is 35.9 Å². The first-order valence-electron chi connectivity index (χ1n) is 6.96. The minimum Gasteiger partial charge on any atom is -0.467 e. The highest BCUT2D eigenvalue weighted by atomic mass is 17.2. The third kappa shape index (κ3) is 6.66. The maximum atomic E-state index is 12.0. The molecule has 1 rings (SSSR count). The fraction of sp³-hybridized carbons (Fsp3) is 0.467. The molecule has 1 aromatic rings. The van der Waals surface area contributed by atoms with Gasteiger partial charge in [-0.15, -0.1) is 0 Å². The van der Waals surface area contributed by atoms with Crippen LogP contribution in [0.3, 0.4) is 0 Å². The average Bonchev–Trinajstić information content (AvgIpc) is 2.52. The van der Waals surface area contributed by atoms with Crippen LogP contribution in [-0.2, 0) is 30.5 Å². The van der Waals surface area contributed by atoms with Crippen molar-refractivity contribution in [2.24, 2.45) is 0 Å². The highest BCUT2D eigenvalue weighted by Crippen LogP contribution is 2.05. The number of hydrogen-bond donors (Lipinski definition) is 2. The zero-order valence-electron chi connectivity index (χ0n) is 12.9. The maximum Gasteiger partial charge on any atom is 0.328 e. The molecule has 0 aromatic heterocycles. The number of methoxy groups -OCH3 is 1. The van der Waals surface area contributed by atoms with Gasteiger partial charge in [-0.1, -0.05) is 30.3 Å². The van der Waals surface area contributed by atoms with Crippen LogP contribution in [0.5, 0.6) is 0 Å². The lowest BCUT2D eigenvalue weighted by Gasteiger charge is -2.17. The molecule has 0 spiro atoms. The first-order valence-corrected chi connectivity index (χ1v) is 6.96. The summed E-state index contributed by atoms with van der Waals surface area (Å²) in [5.41, 5.74) is 4.73. The molecular formula is C15H23N2O5+. The van der Waals surface area contributed by atoms with Gasteiger partial charge in [-0.05, 0) is 5.56 Å². The van der Waals surface area contributed by atoms with E-state index in [1.54, 1.807) is 0 Å². The number of rotatable bonds is 9. The second-order valence-corrected chi connectivity index (χ2v) is 4.85. The largest absolute Gasteiger partial charge is 0.467 e. The Bertz CT molecular complexity index is 466. The van der Waals surface area contributed by atoms with E-state index in [0.717, 1.165) is 5.56 Å². The molecule has 122 valence electrons. The molecule has 0 aliphatic carbocycles. The zero-order chi connectivity index (χ0) is 16.4. The summed E-state index contributed by atoms with van der Waals surface area (Å²) in [6.07, 6.45) is 0.501. The van der Waals surface area contributed by atoms with Gasteiger partial charge >= 0.3 is 5.97 Å². The third-order valence-corrected chi connectivity index (χ3v) is 3.00. The van der Waals surface area contributed by atoms with E-state index in [2.05, 4.69) is 15.9 Å². The van der Waals surface area contributed by atoms with E-state index in [1.807, 2.05) is 30.3 Å². The van der Waals surface area contributed by atoms with Crippen molar-refractivity contribution in [2.75, 3.05) is 20.8 Å². The SMILES string of the molecule is COOC[C@@H]([NH3+])CC(=O)N[C@H](Cc1ccccc1)C(=O)OC. The molecule has 0 saturated carbocycles. The van der Waals surface area contributed by atoms with Gasteiger partial charge in [0.05, 0.1) is 20.6 Å². The Morgan fingerprint density at radius 3 is 2.50 bits per heavy atom. The zero-order valence-corrected chi connectivity index (χ0v) is 12.9. The Morgan fingerprint density at radius 2 is 1.91 bits per heavy atom. The van der Waals surface area contributed by atoms with Gasteiger partial charge in [-0.25, -0.2) is 14.6 Å². The maximum absolute atomic E-state index is 12.0. The predicted molar refractivity (Wildman–Crippen MR) is 78.3 cm³/mol. The number of benzene rings is 1. The predicted octanol–water partition coefficient (Wildman–Crippen LogP) is -0.534. The summed E-state index contributed by atoms with van der Waals surface area (Å²) in [4.78, 5) is 33.0. The molecule has 1 aromatic carbocycles. The molecule has 7 heteroatoms. The molecular weight excluding hydrogens is 288 g/mol. The summed E-state index contributed by atoms with van der Waals surface area (Å²) >= 11 is 0. The van der Waals surface area contributed by atoms with Crippen molar-refractivity contribution in [1.82, 2.24) is 5.32 Å². The average molecular weight is 311 g/mol. The molecule has 0 radical (unpaired) electrons. The van der Waals surface area contributed by atoms with E-state index in [9.17, 15) is 9.59 Å². The number of hydrogen-bond acceptors (Lipinski definition) is 5. The van der Waals surface area contributed by atoms with Crippen LogP contribution in [0, 0.1) is 0 Å². The summed E-state index contributed by atoms with van der Waals surface area (Å²) in [7, 11) is 2.68. The Morgan fingerprint density at radius 1 is 1.23 bits per heavy atom. The van der Waals surface area contributed by atoms with Crippen molar-refractivity contribution in [3.8, 4) is 0 Å². The standard InChI is InChI=1S/C15H22N2O5/c1-20-15(19)13(8-11-6-4-3-5-7-11)17-14(18)9-12(16)10-22-21-2/h3-7,12-13H,8-10,16H2,1-2H3,(H,17,18)/p+1/t12-,13+/m0/s1. The van der Waals surface area contributed by atoms with Crippen LogP contribution in [0.25, 0.3) is 0 Å². The molecule has 0 aliphatic rings. The summed E-state index contributed by atoms with van der Waals surface area (Å²) < 4.78 is 4.74. The molecule has 0 aliphatic heterocycles. The van der Waals surface area contributed by atoms with Gasteiger partial charge < -0.3 is 15.8 Å². The number of carbonyl (C=O) groups is 2. The minimum absolute atomic E-state index is 0.131. The van der Waals surface area contributed by atoms with E-state index < -0.39 is 12.0 Å². The van der Waals surface area contributed by atoms with Gasteiger partial charge in [-0.3, -0.25) is 4.79 Å². The lowest BCUT2D eigenvalue weighted by Crippen LogP contribution is -2.64. The van der Waals surface area contributed by atoms with Crippen LogP contribution in [0.15, 0.2) is 30.3 Å². The summed E-state index contributed by atoms with van der Waals surface area (Å²) in [5.74, 6) is -0.767. The smallest absolute Gasteiger partial charge is 0.328 e. The highest BCUT2D eigenvalue weighted by Gasteiger charge is 2.23. The van der Waals surface area contributed by atoms with E-state index in [0.29, 0.717) is 6.42 Å². The minimum atomic E-state index is -0.726. The molecule has 0 bridgehead atoms. The Hall–Kier alpha value is -1.96. The van der Waals surface area contributed by atoms with Crippen LogP contribution in [-0.4, -0.2) is 44.8 Å². The molecule has 0 saturated heterocycles. The molecule has 7 nitrogen and oxygen atoms in total. The summed E-state index contributed by atoms with van der Waals surface area (Å²) in [6, 6.07) is 8.42. The molecule has 2 atom stereocenters. The van der Waals surface area contributed by atoms with Crippen molar-refractivity contribution in [3.63, 3.8) is 0 Å². The summed E-state index contributed by atoms with van der Waals surface area (Å²) in [6.45, 7) is 0.200. The van der Waals surface area contributed by atoms with Crippen LogP contribution in [0.2, 0.25) is 0 Å². The van der Waals surface area contributed by atoms with Gasteiger partial charge in [0.15, 0.2) is 0 Å². The lowest BCUT2D eigenvalue weighted by atomic mass is 10.1. The number of carbonyl (C=O) groups excluding carboxylic acids is 2. The first-order chi connectivity index (χ1) is 10.6. The number of esters is 1. The molecule has 22 heavy (non-hydrogen) atoms. The van der Waals surface area contributed by atoms with Gasteiger partial charge in [0.2, 0.25) is 5.91 Å². The number of ether oxygens (including phenoxy) is 1. The van der Waals surface area contributed by atoms with Crippen LogP contribution >= 0.6 is 0 Å². The van der Waals surface area contributed by atoms with Crippen LogP contribution in [0.4, 0.5) is 0 Å². The number of quaternary nitrogens is 1. The summed E-state index contributed by atoms with van der Waals surface area (Å²) in [5, 5.41) is 2.67. The Balaban J connectivity index is 2.57. The number of amides is 1. The van der Waals surface area contributed by atoms with Crippen molar-refractivity contribution < 1.29 is 29.8 Å². The number of nitrogens with one attached hydrogen (secondary N) is 1. The van der Waals surface area contributed by atoms with Gasteiger partial charge in [-0.2, -0.15) is 0 Å². The highest BCUT2D eigenvalue weighted by molar-refractivity contribution is 5.84. The monoisotopic (exact) mass is 311 g/mol. The van der Waals surface area contributed by atoms with Gasteiger partial charge in [0.25, 0.3) is 0 Å². The molecule has 0 unspecified atom stereocenters. The fourth-order valence-corrected chi connectivity index (χ4v) is 1.92. The lowest BCUT2D eigenvalue weighted by molar-refractivity contribution is -0.445. The normalized spacial score (nSPS) is 13.2. The van der Waals surface area contributed by atoms with Gasteiger partial charge in [0, 0.05) is 6.42 Å². The second-order valence-electron chi connectivity index (χ2n) is 4.85. The second kappa shape index (κ2) is 9.88. The van der Waals surface area contributed by atoms with Crippen molar-refractivity contribution in [1.29, 1.82) is 0 Å². The Labute approximate surface area is 129 Å². The topological polar surface area (TPSA) is 102 Å². The van der Waals surface area contributed by atoms with E-state index >= 15 is 0 Å². The quantitative estimate of drug-likeness (QED) is 0.362. The van der Waals surface area contributed by atoms with E-state index in [-0.39, 0.29) is 25.0 Å². The van der Waals surface area contributed by atoms with Gasteiger partial charge in [0.1, 0.15) is 18.7 Å².